The Morgan fingerprint density at radius 2 is 1.56 bits per heavy atom. The van der Waals surface area contributed by atoms with Crippen LogP contribution in [0, 0.1) is 5.82 Å². The fraction of sp³-hybridized carbons (Fsp3) is 0.400. The van der Waals surface area contributed by atoms with Gasteiger partial charge in [0.2, 0.25) is 0 Å². The highest BCUT2D eigenvalue weighted by Gasteiger charge is 2.03. The number of hydrogen-bond donors (Lipinski definition) is 0. The highest BCUT2D eigenvalue weighted by atomic mass is 15.5. The van der Waals surface area contributed by atoms with Crippen LogP contribution in [-0.4, -0.2) is 29.5 Å². The molecule has 86 valence electrons. The first kappa shape index (κ1) is 12.1. The fourth-order valence-electron chi connectivity index (χ4n) is 1.13. The average Bonchev–Trinajstić information content (AvgIpc) is 3.02. The molecule has 2 aromatic rings. The van der Waals surface area contributed by atoms with Crippen molar-refractivity contribution in [2.24, 2.45) is 0 Å². The minimum Gasteiger partial charge on any atom is -0.223 e. The van der Waals surface area contributed by atoms with Crippen LogP contribution in [0.4, 0.5) is 0 Å². The summed E-state index contributed by atoms with van der Waals surface area (Å²) in [5, 5.41) is 8.08. The Hall–Kier alpha value is -1.98. The largest absolute Gasteiger partial charge is 0.223 e. The van der Waals surface area contributed by atoms with Crippen molar-refractivity contribution < 1.29 is 0 Å². The number of nitrogens with zero attached hydrogens (tertiary/aromatic N) is 6. The number of hydrogen-bond acceptors (Lipinski definition) is 4. The van der Waals surface area contributed by atoms with Gasteiger partial charge in [-0.05, 0) is 12.5 Å². The molecule has 0 aromatic carbocycles. The first-order valence-electron chi connectivity index (χ1n) is 5.32. The van der Waals surface area contributed by atoms with E-state index in [0.717, 1.165) is 12.2 Å². The minimum atomic E-state index is 0.836. The highest BCUT2D eigenvalue weighted by molar-refractivity contribution is 4.92. The lowest BCUT2D eigenvalue weighted by atomic mass is 10.4. The molecule has 2 heterocycles. The van der Waals surface area contributed by atoms with Gasteiger partial charge in [0.15, 0.2) is 5.82 Å². The lowest BCUT2D eigenvalue weighted by molar-refractivity contribution is 0.618. The summed E-state index contributed by atoms with van der Waals surface area (Å²) < 4.78 is 3.30. The van der Waals surface area contributed by atoms with Crippen LogP contribution in [0.15, 0.2) is 31.4 Å². The molecule has 0 atom stereocenters. The van der Waals surface area contributed by atoms with E-state index in [1.807, 2.05) is 26.8 Å². The Bertz CT molecular complexity index is 364. The SMILES string of the molecule is CC.CCC=C(n1cncn1)n1cncn1. The average molecular weight is 220 g/mol. The summed E-state index contributed by atoms with van der Waals surface area (Å²) in [5.74, 6) is 0.836. The quantitative estimate of drug-likeness (QED) is 0.785. The molecule has 16 heavy (non-hydrogen) atoms. The van der Waals surface area contributed by atoms with E-state index in [1.54, 1.807) is 22.0 Å². The van der Waals surface area contributed by atoms with Crippen molar-refractivity contribution in [1.29, 1.82) is 0 Å². The Labute approximate surface area is 94.6 Å². The molecule has 0 aliphatic carbocycles. The van der Waals surface area contributed by atoms with Crippen LogP contribution in [0.1, 0.15) is 27.2 Å². The number of rotatable bonds is 3. The van der Waals surface area contributed by atoms with E-state index in [4.69, 9.17) is 0 Å². The molecule has 0 saturated carbocycles. The van der Waals surface area contributed by atoms with Gasteiger partial charge in [-0.1, -0.05) is 20.8 Å². The van der Waals surface area contributed by atoms with Crippen molar-refractivity contribution in [3.63, 3.8) is 0 Å². The highest BCUT2D eigenvalue weighted by Crippen LogP contribution is 1.99. The summed E-state index contributed by atoms with van der Waals surface area (Å²) in [5.41, 5.74) is 0. The van der Waals surface area contributed by atoms with Gasteiger partial charge in [0.25, 0.3) is 0 Å². The molecule has 6 nitrogen and oxygen atoms in total. The molecule has 0 aliphatic heterocycles. The second-order valence-electron chi connectivity index (χ2n) is 2.65. The summed E-state index contributed by atoms with van der Waals surface area (Å²) in [6, 6.07) is 0. The molecule has 2 aromatic heterocycles. The van der Waals surface area contributed by atoms with E-state index >= 15 is 0 Å². The molecule has 6 heteroatoms. The minimum absolute atomic E-state index is 0.836. The maximum atomic E-state index is 4.04. The third-order valence-corrected chi connectivity index (χ3v) is 1.69. The van der Waals surface area contributed by atoms with Gasteiger partial charge in [-0.2, -0.15) is 10.2 Å². The Morgan fingerprint density at radius 3 is 1.88 bits per heavy atom. The van der Waals surface area contributed by atoms with Crippen LogP contribution in [0.3, 0.4) is 0 Å². The summed E-state index contributed by atoms with van der Waals surface area (Å²) in [6.07, 6.45) is 9.13. The van der Waals surface area contributed by atoms with E-state index in [-0.39, 0.29) is 0 Å². The van der Waals surface area contributed by atoms with Crippen molar-refractivity contribution in [3.05, 3.63) is 37.2 Å². The third-order valence-electron chi connectivity index (χ3n) is 1.69. The monoisotopic (exact) mass is 220 g/mol. The van der Waals surface area contributed by atoms with Gasteiger partial charge in [-0.15, -0.1) is 0 Å². The van der Waals surface area contributed by atoms with Crippen molar-refractivity contribution in [2.75, 3.05) is 0 Å². The van der Waals surface area contributed by atoms with Crippen molar-refractivity contribution in [3.8, 4) is 0 Å². The van der Waals surface area contributed by atoms with Crippen LogP contribution in [-0.2, 0) is 0 Å². The molecule has 0 unspecified atom stereocenters. The summed E-state index contributed by atoms with van der Waals surface area (Å²) in [4.78, 5) is 7.77. The molecular weight excluding hydrogens is 204 g/mol. The summed E-state index contributed by atoms with van der Waals surface area (Å²) >= 11 is 0. The number of allylic oxidation sites excluding steroid dienone is 1. The Balaban J connectivity index is 0.000000606. The zero-order valence-electron chi connectivity index (χ0n) is 9.78. The summed E-state index contributed by atoms with van der Waals surface area (Å²) in [6.45, 7) is 6.05. The molecule has 0 saturated heterocycles. The van der Waals surface area contributed by atoms with Crippen molar-refractivity contribution in [1.82, 2.24) is 29.5 Å². The van der Waals surface area contributed by atoms with E-state index in [1.165, 1.54) is 12.7 Å². The van der Waals surface area contributed by atoms with Crippen LogP contribution in [0.2, 0.25) is 0 Å². The first-order chi connectivity index (χ1) is 7.92. The van der Waals surface area contributed by atoms with Gasteiger partial charge in [-0.25, -0.2) is 19.3 Å². The molecule has 2 rings (SSSR count). The van der Waals surface area contributed by atoms with Crippen LogP contribution >= 0.6 is 0 Å². The second-order valence-corrected chi connectivity index (χ2v) is 2.65. The predicted molar refractivity (Wildman–Crippen MR) is 60.3 cm³/mol. The van der Waals surface area contributed by atoms with E-state index in [9.17, 15) is 0 Å². The molecular formula is C10H16N6. The van der Waals surface area contributed by atoms with Gasteiger partial charge in [0, 0.05) is 0 Å². The van der Waals surface area contributed by atoms with Gasteiger partial charge in [0.05, 0.1) is 0 Å². The molecule has 0 radical (unpaired) electrons. The number of aromatic nitrogens is 6. The van der Waals surface area contributed by atoms with E-state index in [0.29, 0.717) is 0 Å². The van der Waals surface area contributed by atoms with Gasteiger partial charge in [0.1, 0.15) is 25.3 Å². The molecule has 0 spiro atoms. The van der Waals surface area contributed by atoms with Crippen molar-refractivity contribution in [2.45, 2.75) is 27.2 Å². The molecule has 0 aliphatic rings. The zero-order chi connectivity index (χ0) is 11.8. The predicted octanol–water partition coefficient (Wildman–Crippen LogP) is 1.47. The zero-order valence-corrected chi connectivity index (χ0v) is 9.78. The maximum absolute atomic E-state index is 4.04. The molecule has 0 bridgehead atoms. The summed E-state index contributed by atoms with van der Waals surface area (Å²) in [7, 11) is 0. The molecule has 0 N–H and O–H groups in total. The molecule has 0 fully saturated rings. The maximum Gasteiger partial charge on any atom is 0.154 e. The Morgan fingerprint density at radius 1 is 1.06 bits per heavy atom. The van der Waals surface area contributed by atoms with Crippen LogP contribution < -0.4 is 0 Å². The van der Waals surface area contributed by atoms with Gasteiger partial charge < -0.3 is 0 Å². The van der Waals surface area contributed by atoms with E-state index < -0.39 is 0 Å². The third kappa shape index (κ3) is 2.75. The van der Waals surface area contributed by atoms with Crippen LogP contribution in [0.25, 0.3) is 0 Å². The fourth-order valence-corrected chi connectivity index (χ4v) is 1.13. The van der Waals surface area contributed by atoms with Gasteiger partial charge >= 0.3 is 0 Å². The lowest BCUT2D eigenvalue weighted by Crippen LogP contribution is -2.12. The smallest absolute Gasteiger partial charge is 0.154 e. The normalized spacial score (nSPS) is 9.19. The standard InChI is InChI=1S/C8H10N6.C2H6/c1-2-3-8(13-6-9-4-11-13)14-7-10-5-12-14;1-2/h3-7H,2H2,1H3;1-2H3. The lowest BCUT2D eigenvalue weighted by Gasteiger charge is -2.04. The van der Waals surface area contributed by atoms with Gasteiger partial charge in [-0.3, -0.25) is 0 Å². The Kier molecular flexibility index (Phi) is 4.91. The van der Waals surface area contributed by atoms with E-state index in [2.05, 4.69) is 20.2 Å². The van der Waals surface area contributed by atoms with Crippen molar-refractivity contribution >= 4 is 0 Å². The van der Waals surface area contributed by atoms with Crippen LogP contribution in [0.5, 0.6) is 0 Å². The topological polar surface area (TPSA) is 61.4 Å². The first-order valence-corrected chi connectivity index (χ1v) is 5.32. The molecule has 0 amide bonds. The second kappa shape index (κ2) is 6.49.